The van der Waals surface area contributed by atoms with Gasteiger partial charge in [-0.2, -0.15) is 13.2 Å². The number of nitrogens with two attached hydrogens (primary N) is 1. The van der Waals surface area contributed by atoms with Gasteiger partial charge in [-0.25, -0.2) is 4.98 Å². The number of nitrogens with zero attached hydrogens (tertiary/aromatic N) is 3. The second-order valence-corrected chi connectivity index (χ2v) is 6.62. The fourth-order valence-corrected chi connectivity index (χ4v) is 3.72. The van der Waals surface area contributed by atoms with Crippen molar-refractivity contribution in [1.29, 1.82) is 0 Å². The number of fused-ring (bicyclic) bond motifs is 1. The fourth-order valence-electron chi connectivity index (χ4n) is 3.72. The summed E-state index contributed by atoms with van der Waals surface area (Å²) in [4.78, 5) is 6.03. The minimum absolute atomic E-state index is 0.153. The Morgan fingerprint density at radius 3 is 2.38 bits per heavy atom. The number of rotatable bonds is 2. The maximum absolute atomic E-state index is 13.0. The Morgan fingerprint density at radius 1 is 1.04 bits per heavy atom. The summed E-state index contributed by atoms with van der Waals surface area (Å²) in [6, 6.07) is 12.0. The van der Waals surface area contributed by atoms with Crippen LogP contribution >= 0.6 is 0 Å². The number of alkyl halides is 3. The summed E-state index contributed by atoms with van der Waals surface area (Å²) in [7, 11) is 0. The molecule has 0 amide bonds. The molecular weight excluding hydrogens is 341 g/mol. The van der Waals surface area contributed by atoms with E-state index in [0.717, 1.165) is 42.2 Å². The van der Waals surface area contributed by atoms with Gasteiger partial charge in [0.1, 0.15) is 5.69 Å². The fraction of sp³-hybridized carbons (Fsp3) is 0.316. The first kappa shape index (κ1) is 16.8. The Kier molecular flexibility index (Phi) is 4.01. The molecule has 7 heteroatoms. The van der Waals surface area contributed by atoms with Crippen molar-refractivity contribution in [2.75, 3.05) is 23.7 Å². The van der Waals surface area contributed by atoms with Crippen molar-refractivity contribution in [3.63, 3.8) is 0 Å². The summed E-state index contributed by atoms with van der Waals surface area (Å²) in [5.41, 5.74) is 7.88. The van der Waals surface area contributed by atoms with Gasteiger partial charge in [0.15, 0.2) is 5.65 Å². The third-order valence-electron chi connectivity index (χ3n) is 5.09. The molecule has 136 valence electrons. The molecule has 0 radical (unpaired) electrons. The predicted octanol–water partition coefficient (Wildman–Crippen LogP) is 4.32. The number of hydrogen-bond acceptors (Lipinski definition) is 3. The summed E-state index contributed by atoms with van der Waals surface area (Å²) < 4.78 is 40.1. The molecule has 0 spiro atoms. The Hall–Kier alpha value is -2.70. The summed E-state index contributed by atoms with van der Waals surface area (Å²) in [6.07, 6.45) is -0.258. The van der Waals surface area contributed by atoms with Gasteiger partial charge in [-0.3, -0.25) is 4.40 Å². The van der Waals surface area contributed by atoms with Crippen LogP contribution in [-0.2, 0) is 6.18 Å². The number of hydrogen-bond donors (Lipinski definition) is 1. The molecule has 3 heterocycles. The first-order valence-electron chi connectivity index (χ1n) is 8.58. The molecular formula is C19H19F3N4. The molecule has 1 aliphatic heterocycles. The Bertz CT molecular complexity index is 910. The summed E-state index contributed by atoms with van der Waals surface area (Å²) in [5, 5.41) is 0. The molecule has 0 bridgehead atoms. The van der Waals surface area contributed by atoms with E-state index in [0.29, 0.717) is 11.6 Å². The molecule has 0 aliphatic carbocycles. The summed E-state index contributed by atoms with van der Waals surface area (Å²) in [6.45, 7) is 1.62. The Morgan fingerprint density at radius 2 is 1.73 bits per heavy atom. The van der Waals surface area contributed by atoms with Gasteiger partial charge in [-0.05, 0) is 30.4 Å². The Labute approximate surface area is 149 Å². The van der Waals surface area contributed by atoms with Crippen molar-refractivity contribution in [3.8, 4) is 0 Å². The lowest BCUT2D eigenvalue weighted by atomic mass is 9.89. The quantitative estimate of drug-likeness (QED) is 0.740. The normalized spacial score (nSPS) is 16.3. The second kappa shape index (κ2) is 6.23. The maximum Gasteiger partial charge on any atom is 0.433 e. The molecule has 1 saturated heterocycles. The van der Waals surface area contributed by atoms with Gasteiger partial charge in [0.05, 0.1) is 17.6 Å². The van der Waals surface area contributed by atoms with Crippen LogP contribution in [0.2, 0.25) is 0 Å². The van der Waals surface area contributed by atoms with Gasteiger partial charge in [0, 0.05) is 19.3 Å². The number of aromatic nitrogens is 2. The molecule has 1 aliphatic rings. The van der Waals surface area contributed by atoms with E-state index >= 15 is 0 Å². The minimum Gasteiger partial charge on any atom is -0.394 e. The first-order valence-corrected chi connectivity index (χ1v) is 8.58. The molecule has 4 nitrogen and oxygen atoms in total. The zero-order valence-corrected chi connectivity index (χ0v) is 14.1. The van der Waals surface area contributed by atoms with Crippen LogP contribution in [0.4, 0.5) is 24.5 Å². The number of anilines is 2. The third-order valence-corrected chi connectivity index (χ3v) is 5.09. The van der Waals surface area contributed by atoms with E-state index in [9.17, 15) is 13.2 Å². The minimum atomic E-state index is -4.46. The van der Waals surface area contributed by atoms with Crippen LogP contribution in [-0.4, -0.2) is 22.5 Å². The van der Waals surface area contributed by atoms with E-state index in [2.05, 4.69) is 22.0 Å². The number of piperidine rings is 1. The average molecular weight is 360 g/mol. The van der Waals surface area contributed by atoms with Gasteiger partial charge in [-0.1, -0.05) is 30.3 Å². The maximum atomic E-state index is 13.0. The number of nitrogen functional groups attached to an aromatic ring is 1. The lowest BCUT2D eigenvalue weighted by Crippen LogP contribution is -2.33. The van der Waals surface area contributed by atoms with Crippen LogP contribution in [0.25, 0.3) is 5.65 Å². The zero-order valence-electron chi connectivity index (χ0n) is 14.1. The SMILES string of the molecule is Nc1c(N2CCC(c3ccccc3)CC2)ccn2c(C(F)(F)F)cnc12. The smallest absolute Gasteiger partial charge is 0.394 e. The van der Waals surface area contributed by atoms with E-state index < -0.39 is 11.9 Å². The molecule has 2 aromatic heterocycles. The van der Waals surface area contributed by atoms with E-state index in [4.69, 9.17) is 5.73 Å². The second-order valence-electron chi connectivity index (χ2n) is 6.62. The number of pyridine rings is 1. The largest absolute Gasteiger partial charge is 0.433 e. The highest BCUT2D eigenvalue weighted by Crippen LogP contribution is 2.36. The van der Waals surface area contributed by atoms with Gasteiger partial charge in [0.2, 0.25) is 0 Å². The van der Waals surface area contributed by atoms with Crippen molar-refractivity contribution >= 4 is 17.0 Å². The topological polar surface area (TPSA) is 46.6 Å². The highest BCUT2D eigenvalue weighted by atomic mass is 19.4. The molecule has 4 rings (SSSR count). The van der Waals surface area contributed by atoms with Crippen LogP contribution in [0.15, 0.2) is 48.8 Å². The van der Waals surface area contributed by atoms with E-state index in [1.807, 2.05) is 18.2 Å². The molecule has 0 atom stereocenters. The van der Waals surface area contributed by atoms with Gasteiger partial charge >= 0.3 is 6.18 Å². The molecule has 1 aromatic carbocycles. The van der Waals surface area contributed by atoms with Crippen LogP contribution in [0.3, 0.4) is 0 Å². The van der Waals surface area contributed by atoms with Crippen molar-refractivity contribution in [2.24, 2.45) is 0 Å². The van der Waals surface area contributed by atoms with Crippen LogP contribution in [0, 0.1) is 0 Å². The molecule has 0 unspecified atom stereocenters. The van der Waals surface area contributed by atoms with Crippen LogP contribution in [0.1, 0.15) is 30.0 Å². The monoisotopic (exact) mass is 360 g/mol. The summed E-state index contributed by atoms with van der Waals surface area (Å²) in [5.74, 6) is 0.501. The zero-order chi connectivity index (χ0) is 18.3. The van der Waals surface area contributed by atoms with Crippen molar-refractivity contribution < 1.29 is 13.2 Å². The van der Waals surface area contributed by atoms with Crippen molar-refractivity contribution in [1.82, 2.24) is 9.38 Å². The molecule has 1 fully saturated rings. The van der Waals surface area contributed by atoms with E-state index in [1.165, 1.54) is 11.8 Å². The molecule has 2 N–H and O–H groups in total. The first-order chi connectivity index (χ1) is 12.4. The Balaban J connectivity index is 1.58. The van der Waals surface area contributed by atoms with Gasteiger partial charge in [0.25, 0.3) is 0 Å². The lowest BCUT2D eigenvalue weighted by molar-refractivity contribution is -0.141. The number of imidazole rings is 1. The van der Waals surface area contributed by atoms with E-state index in [1.54, 1.807) is 6.07 Å². The van der Waals surface area contributed by atoms with Gasteiger partial charge < -0.3 is 10.6 Å². The highest BCUT2D eigenvalue weighted by Gasteiger charge is 2.35. The molecule has 26 heavy (non-hydrogen) atoms. The standard InChI is InChI=1S/C19H19F3N4/c20-19(21,22)16-12-24-18-17(23)15(8-11-26(16)18)25-9-6-14(7-10-25)13-4-2-1-3-5-13/h1-5,8,11-12,14H,6-7,9-10,23H2. The molecule has 0 saturated carbocycles. The van der Waals surface area contributed by atoms with E-state index in [-0.39, 0.29) is 5.65 Å². The van der Waals surface area contributed by atoms with Crippen LogP contribution in [0.5, 0.6) is 0 Å². The number of halogens is 3. The average Bonchev–Trinajstić information content (AvgIpc) is 3.08. The third kappa shape index (κ3) is 2.87. The van der Waals surface area contributed by atoms with Gasteiger partial charge in [-0.15, -0.1) is 0 Å². The summed E-state index contributed by atoms with van der Waals surface area (Å²) >= 11 is 0. The van der Waals surface area contributed by atoms with Crippen molar-refractivity contribution in [2.45, 2.75) is 24.9 Å². The molecule has 3 aromatic rings. The van der Waals surface area contributed by atoms with Crippen LogP contribution < -0.4 is 10.6 Å². The van der Waals surface area contributed by atoms with Crippen molar-refractivity contribution in [3.05, 3.63) is 60.0 Å². The number of benzene rings is 1. The lowest BCUT2D eigenvalue weighted by Gasteiger charge is -2.34. The predicted molar refractivity (Wildman–Crippen MR) is 95.2 cm³/mol. The highest BCUT2D eigenvalue weighted by molar-refractivity contribution is 5.81.